The average molecular weight is 336 g/mol. The van der Waals surface area contributed by atoms with Gasteiger partial charge in [0.15, 0.2) is 6.23 Å². The van der Waals surface area contributed by atoms with E-state index in [4.69, 9.17) is 4.74 Å². The Labute approximate surface area is 137 Å². The van der Waals surface area contributed by atoms with Crippen molar-refractivity contribution in [2.45, 2.75) is 37.5 Å². The topological polar surface area (TPSA) is 140 Å². The molecule has 2 aromatic rings. The lowest BCUT2D eigenvalue weighted by molar-refractivity contribution is -0.188. The van der Waals surface area contributed by atoms with Crippen molar-refractivity contribution in [2.75, 3.05) is 11.9 Å². The summed E-state index contributed by atoms with van der Waals surface area (Å²) in [5, 5.41) is 42.9. The number of carbonyl (C=O) groups excluding carboxylic acids is 1. The molecule has 9 nitrogen and oxygen atoms in total. The van der Waals surface area contributed by atoms with E-state index in [1.165, 1.54) is 6.92 Å². The van der Waals surface area contributed by atoms with E-state index in [1.54, 1.807) is 12.3 Å². The number of carbonyl (C=O) groups is 1. The summed E-state index contributed by atoms with van der Waals surface area (Å²) in [6, 6.07) is 4.58. The Morgan fingerprint density at radius 2 is 2.17 bits per heavy atom. The zero-order valence-electron chi connectivity index (χ0n) is 13.0. The summed E-state index contributed by atoms with van der Waals surface area (Å²) in [6.45, 7) is 0.857. The molecule has 5 atom stereocenters. The number of nitrogens with one attached hydrogen (secondary N) is 3. The first-order valence-electron chi connectivity index (χ1n) is 7.59. The predicted octanol–water partition coefficient (Wildman–Crippen LogP) is -1.08. The number of H-pyrrole nitrogens is 1. The Morgan fingerprint density at radius 3 is 2.88 bits per heavy atom. The number of benzene rings is 1. The molecule has 0 saturated carbocycles. The van der Waals surface area contributed by atoms with E-state index >= 15 is 0 Å². The van der Waals surface area contributed by atoms with Crippen LogP contribution in [0.5, 0.6) is 0 Å². The maximum Gasteiger partial charge on any atom is 0.217 e. The second kappa shape index (κ2) is 6.73. The molecule has 1 aliphatic rings. The fraction of sp³-hybridized carbons (Fsp3) is 0.467. The molecule has 24 heavy (non-hydrogen) atoms. The summed E-state index contributed by atoms with van der Waals surface area (Å²) >= 11 is 0. The highest BCUT2D eigenvalue weighted by atomic mass is 16.5. The molecule has 1 aromatic heterocycles. The number of aliphatic hydroxyl groups is 3. The lowest BCUT2D eigenvalue weighted by Crippen LogP contribution is -2.65. The zero-order valence-corrected chi connectivity index (χ0v) is 13.0. The number of aromatic nitrogens is 2. The van der Waals surface area contributed by atoms with Crippen LogP contribution in [0.25, 0.3) is 10.9 Å². The standard InChI is InChI=1S/C15H20N4O5/c1-7(21)17-12-14(23)13(22)11(6-20)24-15(12)18-9-2-3-10-8(4-9)5-16-19-10/h2-5,11-15,18,20,22-23H,6H2,1H3,(H,16,19)(H,17,21)/t11?,12-,13?,14?,15?/m0/s1. The van der Waals surface area contributed by atoms with Crippen LogP contribution >= 0.6 is 0 Å². The maximum absolute atomic E-state index is 11.4. The first-order valence-corrected chi connectivity index (χ1v) is 7.59. The van der Waals surface area contributed by atoms with Gasteiger partial charge in [0.25, 0.3) is 0 Å². The molecule has 0 spiro atoms. The normalized spacial score (nSPS) is 30.2. The van der Waals surface area contributed by atoms with E-state index in [0.717, 1.165) is 10.9 Å². The van der Waals surface area contributed by atoms with Crippen LogP contribution < -0.4 is 10.6 Å². The van der Waals surface area contributed by atoms with Crippen molar-refractivity contribution in [1.82, 2.24) is 15.5 Å². The number of hydrogen-bond acceptors (Lipinski definition) is 7. The second-order valence-corrected chi connectivity index (χ2v) is 5.80. The van der Waals surface area contributed by atoms with Crippen LogP contribution in [-0.2, 0) is 9.53 Å². The fourth-order valence-corrected chi connectivity index (χ4v) is 2.83. The van der Waals surface area contributed by atoms with E-state index in [1.807, 2.05) is 12.1 Å². The zero-order chi connectivity index (χ0) is 17.3. The fourth-order valence-electron chi connectivity index (χ4n) is 2.83. The van der Waals surface area contributed by atoms with Gasteiger partial charge in [-0.05, 0) is 18.2 Å². The van der Waals surface area contributed by atoms with Gasteiger partial charge in [0, 0.05) is 18.0 Å². The molecule has 130 valence electrons. The Hall–Kier alpha value is -2.20. The highest BCUT2D eigenvalue weighted by Gasteiger charge is 2.44. The largest absolute Gasteiger partial charge is 0.394 e. The van der Waals surface area contributed by atoms with Crippen LogP contribution in [0.2, 0.25) is 0 Å². The molecule has 1 aromatic carbocycles. The minimum atomic E-state index is -1.30. The molecule has 9 heteroatoms. The Morgan fingerprint density at radius 1 is 1.38 bits per heavy atom. The molecular formula is C15H20N4O5. The second-order valence-electron chi connectivity index (χ2n) is 5.80. The van der Waals surface area contributed by atoms with Gasteiger partial charge in [-0.25, -0.2) is 0 Å². The number of rotatable bonds is 4. The maximum atomic E-state index is 11.4. The highest BCUT2D eigenvalue weighted by Crippen LogP contribution is 2.24. The number of hydrogen-bond donors (Lipinski definition) is 6. The van der Waals surface area contributed by atoms with E-state index < -0.39 is 37.2 Å². The van der Waals surface area contributed by atoms with Crippen LogP contribution in [0.4, 0.5) is 5.69 Å². The van der Waals surface area contributed by atoms with Gasteiger partial charge in [-0.3, -0.25) is 9.89 Å². The lowest BCUT2D eigenvalue weighted by Gasteiger charge is -2.43. The monoisotopic (exact) mass is 336 g/mol. The van der Waals surface area contributed by atoms with Gasteiger partial charge < -0.3 is 30.7 Å². The molecule has 4 unspecified atom stereocenters. The van der Waals surface area contributed by atoms with Gasteiger partial charge >= 0.3 is 0 Å². The molecule has 1 amide bonds. The summed E-state index contributed by atoms with van der Waals surface area (Å²) < 4.78 is 5.62. The van der Waals surface area contributed by atoms with Crippen LogP contribution in [0.15, 0.2) is 24.4 Å². The van der Waals surface area contributed by atoms with E-state index in [2.05, 4.69) is 20.8 Å². The minimum absolute atomic E-state index is 0.366. The molecule has 2 heterocycles. The minimum Gasteiger partial charge on any atom is -0.394 e. The molecule has 1 fully saturated rings. The van der Waals surface area contributed by atoms with Crippen molar-refractivity contribution >= 4 is 22.5 Å². The molecular weight excluding hydrogens is 316 g/mol. The van der Waals surface area contributed by atoms with E-state index in [-0.39, 0.29) is 5.91 Å². The van der Waals surface area contributed by atoms with Gasteiger partial charge in [0.1, 0.15) is 24.4 Å². The third kappa shape index (κ3) is 3.20. The SMILES string of the molecule is CC(=O)N[C@@H]1C(Nc2ccc3[nH]ncc3c2)OC(CO)C(O)C1O. The van der Waals surface area contributed by atoms with Crippen LogP contribution in [-0.4, -0.2) is 68.6 Å². The van der Waals surface area contributed by atoms with Crippen molar-refractivity contribution in [1.29, 1.82) is 0 Å². The van der Waals surface area contributed by atoms with E-state index in [9.17, 15) is 20.1 Å². The first kappa shape index (κ1) is 16.7. The molecule has 0 radical (unpaired) electrons. The summed E-state index contributed by atoms with van der Waals surface area (Å²) in [5.74, 6) is -0.366. The van der Waals surface area contributed by atoms with Gasteiger partial charge in [0.05, 0.1) is 18.3 Å². The van der Waals surface area contributed by atoms with Crippen molar-refractivity contribution in [3.63, 3.8) is 0 Å². The number of nitrogens with zero attached hydrogens (tertiary/aromatic N) is 1. The lowest BCUT2D eigenvalue weighted by atomic mass is 9.95. The molecule has 6 N–H and O–H groups in total. The third-order valence-corrected chi connectivity index (χ3v) is 4.05. The van der Waals surface area contributed by atoms with Crippen molar-refractivity contribution in [3.8, 4) is 0 Å². The van der Waals surface area contributed by atoms with Crippen molar-refractivity contribution < 1.29 is 24.9 Å². The van der Waals surface area contributed by atoms with Crippen molar-refractivity contribution in [2.24, 2.45) is 0 Å². The third-order valence-electron chi connectivity index (χ3n) is 4.05. The quantitative estimate of drug-likeness (QED) is 0.417. The predicted molar refractivity (Wildman–Crippen MR) is 85.1 cm³/mol. The molecule has 1 aliphatic heterocycles. The van der Waals surface area contributed by atoms with Crippen LogP contribution in [0, 0.1) is 0 Å². The summed E-state index contributed by atoms with van der Waals surface area (Å²) in [7, 11) is 0. The Balaban J connectivity index is 1.84. The average Bonchev–Trinajstić information content (AvgIpc) is 3.01. The summed E-state index contributed by atoms with van der Waals surface area (Å²) in [4.78, 5) is 11.4. The Bertz CT molecular complexity index is 721. The Kier molecular flexibility index (Phi) is 4.67. The molecule has 1 saturated heterocycles. The molecule has 0 bridgehead atoms. The van der Waals surface area contributed by atoms with Crippen LogP contribution in [0.3, 0.4) is 0 Å². The van der Waals surface area contributed by atoms with Gasteiger partial charge in [-0.15, -0.1) is 0 Å². The summed E-state index contributed by atoms with van der Waals surface area (Å²) in [6.07, 6.45) is -2.70. The van der Waals surface area contributed by atoms with Gasteiger partial charge in [-0.2, -0.15) is 5.10 Å². The van der Waals surface area contributed by atoms with Crippen LogP contribution in [0.1, 0.15) is 6.92 Å². The molecule has 3 rings (SSSR count). The highest BCUT2D eigenvalue weighted by molar-refractivity contribution is 5.81. The number of fused-ring (bicyclic) bond motifs is 1. The first-order chi connectivity index (χ1) is 11.5. The van der Waals surface area contributed by atoms with Crippen molar-refractivity contribution in [3.05, 3.63) is 24.4 Å². The number of ether oxygens (including phenoxy) is 1. The molecule has 0 aliphatic carbocycles. The number of aromatic amines is 1. The van der Waals surface area contributed by atoms with Gasteiger partial charge in [0.2, 0.25) is 5.91 Å². The number of aliphatic hydroxyl groups excluding tert-OH is 3. The number of anilines is 1. The van der Waals surface area contributed by atoms with E-state index in [0.29, 0.717) is 5.69 Å². The summed E-state index contributed by atoms with van der Waals surface area (Å²) in [5.41, 5.74) is 1.55. The smallest absolute Gasteiger partial charge is 0.217 e. The van der Waals surface area contributed by atoms with Gasteiger partial charge in [-0.1, -0.05) is 0 Å². The number of amides is 1.